The Kier molecular flexibility index (Phi) is 4.37. The van der Waals surface area contributed by atoms with Gasteiger partial charge < -0.3 is 10.1 Å². The maximum Gasteiger partial charge on any atom is 0.147 e. The van der Waals surface area contributed by atoms with Gasteiger partial charge in [-0.15, -0.1) is 0 Å². The van der Waals surface area contributed by atoms with Crippen LogP contribution in [0.15, 0.2) is 16.6 Å². The molecule has 0 saturated carbocycles. The van der Waals surface area contributed by atoms with Crippen LogP contribution in [0.3, 0.4) is 0 Å². The standard InChI is InChI=1S/C15H18BrClFNO/c1-2-19-15(10-7-8-3-6-12(10)20-8)9-4-5-11(16)13(17)14(9)18/h4-5,8,10,12,15,19H,2-3,6-7H2,1H3. The van der Waals surface area contributed by atoms with Crippen LogP contribution in [-0.4, -0.2) is 18.8 Å². The number of nitrogens with one attached hydrogen (secondary N) is 1. The summed E-state index contributed by atoms with van der Waals surface area (Å²) in [5.41, 5.74) is 0.654. The molecule has 2 nitrogen and oxygen atoms in total. The number of halogens is 3. The summed E-state index contributed by atoms with van der Waals surface area (Å²) in [7, 11) is 0. The third kappa shape index (κ3) is 2.52. The average Bonchev–Trinajstić information content (AvgIpc) is 3.06. The molecular formula is C15H18BrClFNO. The zero-order chi connectivity index (χ0) is 14.3. The molecule has 2 saturated heterocycles. The van der Waals surface area contributed by atoms with Gasteiger partial charge in [0.2, 0.25) is 0 Å². The van der Waals surface area contributed by atoms with E-state index in [1.54, 1.807) is 0 Å². The Morgan fingerprint density at radius 2 is 2.30 bits per heavy atom. The first-order valence-electron chi connectivity index (χ1n) is 7.14. The Hall–Kier alpha value is -0.160. The van der Waals surface area contributed by atoms with Gasteiger partial charge in [0.25, 0.3) is 0 Å². The summed E-state index contributed by atoms with van der Waals surface area (Å²) in [5, 5.41) is 3.58. The van der Waals surface area contributed by atoms with Gasteiger partial charge in [0.1, 0.15) is 5.82 Å². The Labute approximate surface area is 132 Å². The van der Waals surface area contributed by atoms with E-state index in [0.717, 1.165) is 25.8 Å². The van der Waals surface area contributed by atoms with Crippen molar-refractivity contribution in [1.29, 1.82) is 0 Å². The van der Waals surface area contributed by atoms with Crippen LogP contribution < -0.4 is 5.32 Å². The summed E-state index contributed by atoms with van der Waals surface area (Å²) in [6, 6.07) is 3.62. The summed E-state index contributed by atoms with van der Waals surface area (Å²) in [6.07, 6.45) is 3.85. The molecule has 0 radical (unpaired) electrons. The first-order chi connectivity index (χ1) is 9.61. The maximum absolute atomic E-state index is 14.5. The van der Waals surface area contributed by atoms with E-state index in [9.17, 15) is 4.39 Å². The van der Waals surface area contributed by atoms with Gasteiger partial charge in [0, 0.05) is 22.0 Å². The second-order valence-electron chi connectivity index (χ2n) is 5.57. The fraction of sp³-hybridized carbons (Fsp3) is 0.600. The molecule has 0 spiro atoms. The summed E-state index contributed by atoms with van der Waals surface area (Å²) in [5.74, 6) is 0.00945. The topological polar surface area (TPSA) is 21.3 Å². The van der Waals surface area contributed by atoms with E-state index >= 15 is 0 Å². The van der Waals surface area contributed by atoms with E-state index in [-0.39, 0.29) is 23.0 Å². The van der Waals surface area contributed by atoms with Crippen LogP contribution in [0.5, 0.6) is 0 Å². The maximum atomic E-state index is 14.5. The van der Waals surface area contributed by atoms with E-state index in [1.165, 1.54) is 0 Å². The van der Waals surface area contributed by atoms with E-state index in [4.69, 9.17) is 16.3 Å². The summed E-state index contributed by atoms with van der Waals surface area (Å²) >= 11 is 9.30. The van der Waals surface area contributed by atoms with Crippen LogP contribution in [-0.2, 0) is 4.74 Å². The quantitative estimate of drug-likeness (QED) is 0.799. The molecule has 0 aromatic heterocycles. The first kappa shape index (κ1) is 14.8. The molecule has 0 amide bonds. The van der Waals surface area contributed by atoms with E-state index in [0.29, 0.717) is 22.1 Å². The van der Waals surface area contributed by atoms with Crippen molar-refractivity contribution in [2.75, 3.05) is 6.54 Å². The molecule has 1 aromatic rings. The lowest BCUT2D eigenvalue weighted by molar-refractivity contribution is 0.0855. The van der Waals surface area contributed by atoms with Gasteiger partial charge >= 0.3 is 0 Å². The molecule has 2 aliphatic heterocycles. The Bertz CT molecular complexity index is 513. The largest absolute Gasteiger partial charge is 0.375 e. The molecule has 2 fully saturated rings. The van der Waals surface area contributed by atoms with Crippen LogP contribution in [0.4, 0.5) is 4.39 Å². The fourth-order valence-corrected chi connectivity index (χ4v) is 4.00. The molecule has 20 heavy (non-hydrogen) atoms. The fourth-order valence-electron chi connectivity index (χ4n) is 3.52. The molecule has 110 valence electrons. The molecule has 4 unspecified atom stereocenters. The molecule has 5 heteroatoms. The Morgan fingerprint density at radius 1 is 1.50 bits per heavy atom. The van der Waals surface area contributed by atoms with Crippen LogP contribution >= 0.6 is 27.5 Å². The number of hydrogen-bond acceptors (Lipinski definition) is 2. The van der Waals surface area contributed by atoms with Crippen LogP contribution in [0.2, 0.25) is 5.02 Å². The van der Waals surface area contributed by atoms with Crippen molar-refractivity contribution in [3.63, 3.8) is 0 Å². The predicted octanol–water partition coefficient (Wildman–Crippen LogP) is 4.46. The van der Waals surface area contributed by atoms with Crippen LogP contribution in [0.25, 0.3) is 0 Å². The number of rotatable bonds is 4. The number of benzene rings is 1. The monoisotopic (exact) mass is 361 g/mol. The van der Waals surface area contributed by atoms with Crippen LogP contribution in [0.1, 0.15) is 37.8 Å². The number of fused-ring (bicyclic) bond motifs is 2. The van der Waals surface area contributed by atoms with E-state index < -0.39 is 0 Å². The summed E-state index contributed by atoms with van der Waals surface area (Å²) in [4.78, 5) is 0. The lowest BCUT2D eigenvalue weighted by Crippen LogP contribution is -2.34. The zero-order valence-corrected chi connectivity index (χ0v) is 13.7. The second kappa shape index (κ2) is 5.91. The third-order valence-electron chi connectivity index (χ3n) is 4.41. The minimum atomic E-state index is -0.324. The highest BCUT2D eigenvalue weighted by Crippen LogP contribution is 2.45. The van der Waals surface area contributed by atoms with Gasteiger partial charge in [-0.2, -0.15) is 0 Å². The predicted molar refractivity (Wildman–Crippen MR) is 81.5 cm³/mol. The molecule has 4 atom stereocenters. The highest BCUT2D eigenvalue weighted by atomic mass is 79.9. The smallest absolute Gasteiger partial charge is 0.147 e. The molecule has 1 N–H and O–H groups in total. The van der Waals surface area contributed by atoms with Crippen molar-refractivity contribution < 1.29 is 9.13 Å². The van der Waals surface area contributed by atoms with Crippen molar-refractivity contribution in [3.05, 3.63) is 33.0 Å². The molecule has 2 bridgehead atoms. The normalized spacial score (nSPS) is 29.9. The second-order valence-corrected chi connectivity index (χ2v) is 6.81. The van der Waals surface area contributed by atoms with Crippen molar-refractivity contribution in [2.24, 2.45) is 5.92 Å². The van der Waals surface area contributed by atoms with Gasteiger partial charge in [0.05, 0.1) is 17.2 Å². The van der Waals surface area contributed by atoms with Gasteiger partial charge in [0.15, 0.2) is 0 Å². The summed E-state index contributed by atoms with van der Waals surface area (Å²) in [6.45, 7) is 2.84. The van der Waals surface area contributed by atoms with Gasteiger partial charge in [-0.3, -0.25) is 0 Å². The summed E-state index contributed by atoms with van der Waals surface area (Å²) < 4.78 is 21.0. The number of hydrogen-bond donors (Lipinski definition) is 1. The minimum absolute atomic E-state index is 0.0269. The van der Waals surface area contributed by atoms with E-state index in [2.05, 4.69) is 21.2 Å². The molecular weight excluding hydrogens is 345 g/mol. The van der Waals surface area contributed by atoms with Crippen molar-refractivity contribution in [2.45, 2.75) is 44.4 Å². The highest BCUT2D eigenvalue weighted by molar-refractivity contribution is 9.10. The molecule has 3 rings (SSSR count). The number of ether oxygens (including phenoxy) is 1. The van der Waals surface area contributed by atoms with Crippen molar-refractivity contribution in [3.8, 4) is 0 Å². The van der Waals surface area contributed by atoms with Crippen molar-refractivity contribution >= 4 is 27.5 Å². The third-order valence-corrected chi connectivity index (χ3v) is 5.66. The highest BCUT2D eigenvalue weighted by Gasteiger charge is 2.45. The van der Waals surface area contributed by atoms with Gasteiger partial charge in [-0.05, 0) is 47.8 Å². The van der Waals surface area contributed by atoms with Gasteiger partial charge in [-0.1, -0.05) is 24.6 Å². The molecule has 1 aromatic carbocycles. The first-order valence-corrected chi connectivity index (χ1v) is 8.31. The van der Waals surface area contributed by atoms with Crippen LogP contribution in [0, 0.1) is 11.7 Å². The average molecular weight is 363 g/mol. The minimum Gasteiger partial charge on any atom is -0.375 e. The molecule has 2 aliphatic rings. The zero-order valence-electron chi connectivity index (χ0n) is 11.3. The Balaban J connectivity index is 1.93. The lowest BCUT2D eigenvalue weighted by atomic mass is 9.81. The lowest BCUT2D eigenvalue weighted by Gasteiger charge is -2.30. The molecule has 0 aliphatic carbocycles. The van der Waals surface area contributed by atoms with Gasteiger partial charge in [-0.25, -0.2) is 4.39 Å². The van der Waals surface area contributed by atoms with E-state index in [1.807, 2.05) is 19.1 Å². The molecule has 2 heterocycles. The SMILES string of the molecule is CCNC(c1ccc(Br)c(Cl)c1F)C1CC2CCC1O2. The van der Waals surface area contributed by atoms with Crippen molar-refractivity contribution in [1.82, 2.24) is 5.32 Å². The Morgan fingerprint density at radius 3 is 2.90 bits per heavy atom.